The molecule has 1 aliphatic rings. The van der Waals surface area contributed by atoms with Crippen molar-refractivity contribution in [1.29, 1.82) is 0 Å². The van der Waals surface area contributed by atoms with Gasteiger partial charge in [-0.3, -0.25) is 14.5 Å². The minimum absolute atomic E-state index is 0.0539. The number of rotatable bonds is 7. The van der Waals surface area contributed by atoms with Gasteiger partial charge in [-0.1, -0.05) is 54.2 Å². The normalized spacial score (nSPS) is 16.9. The zero-order valence-electron chi connectivity index (χ0n) is 18.2. The molecule has 3 aromatic rings. The monoisotopic (exact) mass is 461 g/mol. The molecule has 4 rings (SSSR count). The predicted octanol–water partition coefficient (Wildman–Crippen LogP) is 5.34. The van der Waals surface area contributed by atoms with Crippen LogP contribution in [0.4, 0.5) is 15.8 Å². The minimum atomic E-state index is -0.550. The van der Waals surface area contributed by atoms with Crippen molar-refractivity contribution < 1.29 is 14.0 Å². The van der Waals surface area contributed by atoms with Gasteiger partial charge in [-0.05, 0) is 60.9 Å². The van der Waals surface area contributed by atoms with Gasteiger partial charge in [0.2, 0.25) is 11.8 Å². The number of nitrogens with one attached hydrogen (secondary N) is 1. The Hall–Kier alpha value is -3.45. The summed E-state index contributed by atoms with van der Waals surface area (Å²) in [6.45, 7) is 2.36. The molecular weight excluding hydrogens is 437 g/mol. The van der Waals surface area contributed by atoms with Crippen LogP contribution in [0.25, 0.3) is 0 Å². The molecule has 0 aliphatic carbocycles. The number of thioether (sulfide) groups is 1. The van der Waals surface area contributed by atoms with E-state index in [2.05, 4.69) is 10.3 Å². The van der Waals surface area contributed by atoms with Crippen LogP contribution in [-0.2, 0) is 16.0 Å². The zero-order valence-corrected chi connectivity index (χ0v) is 19.0. The van der Waals surface area contributed by atoms with E-state index < -0.39 is 5.25 Å². The van der Waals surface area contributed by atoms with Gasteiger partial charge in [0.1, 0.15) is 11.1 Å². The molecule has 0 bridgehead atoms. The third kappa shape index (κ3) is 6.08. The van der Waals surface area contributed by atoms with Crippen LogP contribution in [-0.4, -0.2) is 33.7 Å². The van der Waals surface area contributed by atoms with Crippen LogP contribution in [0.3, 0.4) is 0 Å². The molecule has 1 atom stereocenters. The lowest BCUT2D eigenvalue weighted by molar-refractivity contribution is -0.128. The summed E-state index contributed by atoms with van der Waals surface area (Å²) in [5.74, 6) is -0.653. The maximum atomic E-state index is 13.2. The lowest BCUT2D eigenvalue weighted by Crippen LogP contribution is -2.35. The number of anilines is 1. The van der Waals surface area contributed by atoms with Crippen LogP contribution in [0.5, 0.6) is 0 Å². The number of aliphatic imine (C=N–C) groups is 1. The molecule has 1 aliphatic heterocycles. The van der Waals surface area contributed by atoms with Crippen molar-refractivity contribution >= 4 is 40.1 Å². The highest BCUT2D eigenvalue weighted by molar-refractivity contribution is 8.15. The number of aryl methyl sites for hydroxylation is 1. The van der Waals surface area contributed by atoms with E-state index in [0.29, 0.717) is 23.8 Å². The molecule has 0 spiro atoms. The summed E-state index contributed by atoms with van der Waals surface area (Å²) in [5.41, 5.74) is 3.42. The van der Waals surface area contributed by atoms with Crippen molar-refractivity contribution in [2.45, 2.75) is 25.0 Å². The van der Waals surface area contributed by atoms with Gasteiger partial charge in [-0.2, -0.15) is 0 Å². The van der Waals surface area contributed by atoms with Gasteiger partial charge in [0.15, 0.2) is 5.17 Å². The molecule has 0 saturated carbocycles. The first-order valence-corrected chi connectivity index (χ1v) is 11.6. The van der Waals surface area contributed by atoms with E-state index in [4.69, 9.17) is 0 Å². The number of amidine groups is 1. The Bertz CT molecular complexity index is 1170. The molecule has 0 aromatic heterocycles. The second-order valence-corrected chi connectivity index (χ2v) is 8.99. The summed E-state index contributed by atoms with van der Waals surface area (Å²) >= 11 is 1.31. The molecule has 1 N–H and O–H groups in total. The number of para-hydroxylation sites is 1. The molecule has 3 aromatic carbocycles. The Morgan fingerprint density at radius 2 is 1.82 bits per heavy atom. The van der Waals surface area contributed by atoms with Gasteiger partial charge in [0.05, 0.1) is 5.69 Å². The number of halogens is 1. The Kier molecular flexibility index (Phi) is 7.19. The number of carbonyl (C=O) groups excluding carboxylic acids is 2. The van der Waals surface area contributed by atoms with Crippen molar-refractivity contribution in [1.82, 2.24) is 4.90 Å². The first kappa shape index (κ1) is 22.7. The molecule has 33 heavy (non-hydrogen) atoms. The van der Waals surface area contributed by atoms with Crippen LogP contribution >= 0.6 is 11.8 Å². The highest BCUT2D eigenvalue weighted by Gasteiger charge is 2.39. The SMILES string of the molecule is Cc1cccc(NC(=O)CC2SC(=Nc3ccccc3)N(CCc3ccc(F)cc3)C2=O)c1. The number of benzene rings is 3. The fourth-order valence-electron chi connectivity index (χ4n) is 3.54. The van der Waals surface area contributed by atoms with Gasteiger partial charge >= 0.3 is 0 Å². The smallest absolute Gasteiger partial charge is 0.242 e. The van der Waals surface area contributed by atoms with Crippen LogP contribution in [0.1, 0.15) is 17.5 Å². The largest absolute Gasteiger partial charge is 0.326 e. The maximum Gasteiger partial charge on any atom is 0.242 e. The van der Waals surface area contributed by atoms with Crippen molar-refractivity contribution in [3.05, 3.63) is 95.8 Å². The molecular formula is C26H24FN3O2S. The van der Waals surface area contributed by atoms with Crippen LogP contribution in [0.15, 0.2) is 83.9 Å². The molecule has 2 amide bonds. The molecule has 168 valence electrons. The lowest BCUT2D eigenvalue weighted by Gasteiger charge is -2.16. The average molecular weight is 462 g/mol. The number of hydrogen-bond donors (Lipinski definition) is 1. The first-order chi connectivity index (χ1) is 16.0. The number of nitrogens with zero attached hydrogens (tertiary/aromatic N) is 2. The average Bonchev–Trinajstić information content (AvgIpc) is 3.08. The van der Waals surface area contributed by atoms with Gasteiger partial charge in [0.25, 0.3) is 0 Å². The number of carbonyl (C=O) groups is 2. The second-order valence-electron chi connectivity index (χ2n) is 7.82. The van der Waals surface area contributed by atoms with E-state index in [0.717, 1.165) is 16.8 Å². The van der Waals surface area contributed by atoms with Crippen LogP contribution < -0.4 is 5.32 Å². The molecule has 1 saturated heterocycles. The van der Waals surface area contributed by atoms with Gasteiger partial charge < -0.3 is 5.32 Å². The van der Waals surface area contributed by atoms with Crippen molar-refractivity contribution in [2.75, 3.05) is 11.9 Å². The molecule has 1 fully saturated rings. The van der Waals surface area contributed by atoms with Crippen LogP contribution in [0, 0.1) is 12.7 Å². The van der Waals surface area contributed by atoms with Gasteiger partial charge in [-0.15, -0.1) is 0 Å². The maximum absolute atomic E-state index is 13.2. The van der Waals surface area contributed by atoms with E-state index in [1.165, 1.54) is 23.9 Å². The van der Waals surface area contributed by atoms with Crippen molar-refractivity contribution in [2.24, 2.45) is 4.99 Å². The third-order valence-electron chi connectivity index (χ3n) is 5.21. The predicted molar refractivity (Wildman–Crippen MR) is 131 cm³/mol. The number of amides is 2. The standard InChI is InChI=1S/C26H24FN3O2S/c1-18-6-5-9-22(16-18)28-24(31)17-23-25(32)30(15-14-19-10-12-20(27)13-11-19)26(33-23)29-21-7-3-2-4-8-21/h2-13,16,23H,14-15,17H2,1H3,(H,28,31). The zero-order chi connectivity index (χ0) is 23.2. The topological polar surface area (TPSA) is 61.8 Å². The van der Waals surface area contributed by atoms with E-state index in [9.17, 15) is 14.0 Å². The second kappa shape index (κ2) is 10.4. The van der Waals surface area contributed by atoms with Crippen molar-refractivity contribution in [3.63, 3.8) is 0 Å². The summed E-state index contributed by atoms with van der Waals surface area (Å²) in [6.07, 6.45) is 0.612. The molecule has 7 heteroatoms. The summed E-state index contributed by atoms with van der Waals surface area (Å²) in [7, 11) is 0. The fourth-order valence-corrected chi connectivity index (χ4v) is 4.72. The quantitative estimate of drug-likeness (QED) is 0.517. The highest BCUT2D eigenvalue weighted by Crippen LogP contribution is 2.32. The summed E-state index contributed by atoms with van der Waals surface area (Å²) in [4.78, 5) is 32.1. The lowest BCUT2D eigenvalue weighted by atomic mass is 10.1. The Balaban J connectivity index is 1.49. The summed E-state index contributed by atoms with van der Waals surface area (Å²) in [6, 6.07) is 23.2. The van der Waals surface area contributed by atoms with E-state index in [1.807, 2.05) is 61.5 Å². The highest BCUT2D eigenvalue weighted by atomic mass is 32.2. The van der Waals surface area contributed by atoms with E-state index >= 15 is 0 Å². The number of hydrogen-bond acceptors (Lipinski definition) is 4. The molecule has 5 nitrogen and oxygen atoms in total. The van der Waals surface area contributed by atoms with Crippen LogP contribution in [0.2, 0.25) is 0 Å². The summed E-state index contributed by atoms with van der Waals surface area (Å²) in [5, 5.41) is 2.89. The molecule has 0 radical (unpaired) electrons. The molecule has 1 heterocycles. The minimum Gasteiger partial charge on any atom is -0.326 e. The Labute approximate surface area is 196 Å². The summed E-state index contributed by atoms with van der Waals surface area (Å²) < 4.78 is 13.2. The first-order valence-electron chi connectivity index (χ1n) is 10.7. The Morgan fingerprint density at radius 1 is 1.06 bits per heavy atom. The van der Waals surface area contributed by atoms with Crippen molar-refractivity contribution in [3.8, 4) is 0 Å². The third-order valence-corrected chi connectivity index (χ3v) is 6.39. The fraction of sp³-hybridized carbons (Fsp3) is 0.192. The van der Waals surface area contributed by atoms with Gasteiger partial charge in [-0.25, -0.2) is 9.38 Å². The van der Waals surface area contributed by atoms with Gasteiger partial charge in [0, 0.05) is 18.7 Å². The van der Waals surface area contributed by atoms with E-state index in [1.54, 1.807) is 17.0 Å². The Morgan fingerprint density at radius 3 is 2.55 bits per heavy atom. The van der Waals surface area contributed by atoms with E-state index in [-0.39, 0.29) is 24.1 Å². The molecule has 1 unspecified atom stereocenters.